The van der Waals surface area contributed by atoms with Gasteiger partial charge in [0, 0.05) is 0 Å². The number of nitrogens with one attached hydrogen (secondary N) is 1. The number of ether oxygens (including phenoxy) is 2. The van der Waals surface area contributed by atoms with E-state index in [0.29, 0.717) is 28.3 Å². The fourth-order valence-corrected chi connectivity index (χ4v) is 4.62. The number of hydrogen-bond acceptors (Lipinski definition) is 5. The van der Waals surface area contributed by atoms with E-state index in [0.717, 1.165) is 25.7 Å². The van der Waals surface area contributed by atoms with Crippen LogP contribution in [0.25, 0.3) is 17.3 Å². The van der Waals surface area contributed by atoms with Crippen LogP contribution in [0.5, 0.6) is 11.5 Å². The van der Waals surface area contributed by atoms with Crippen LogP contribution in [0.3, 0.4) is 0 Å². The minimum absolute atomic E-state index is 0.124. The molecule has 1 heterocycles. The van der Waals surface area contributed by atoms with Gasteiger partial charge in [0.2, 0.25) is 0 Å². The molecule has 37 heavy (non-hydrogen) atoms. The van der Waals surface area contributed by atoms with Crippen LogP contribution < -0.4 is 14.8 Å². The number of methoxy groups -OCH3 is 2. The number of hydrogen-bond donors (Lipinski definition) is 2. The van der Waals surface area contributed by atoms with E-state index in [1.165, 1.54) is 12.1 Å². The van der Waals surface area contributed by atoms with Crippen molar-refractivity contribution < 1.29 is 28.6 Å². The molecule has 1 fully saturated rings. The number of halogens is 1. The lowest BCUT2D eigenvalue weighted by atomic mass is 10.1. The Hall–Kier alpha value is -4.14. The summed E-state index contributed by atoms with van der Waals surface area (Å²) in [5.41, 5.74) is 2.25. The summed E-state index contributed by atoms with van der Waals surface area (Å²) in [6.45, 7) is 0. The molecular formula is C28H30FN3O5. The second-order valence-corrected chi connectivity index (χ2v) is 8.92. The standard InChI is InChI=1S/C28H30FN3O5/c1-36-24-8-5-9-25(37-2)27(24)23-17-22(31-32(23)21-6-3-4-7-21)28(35)30-20(16-26(33)34)15-12-18-10-13-19(29)14-11-18/h5,8-15,17,20-21H,3-4,6-7,16H2,1-2H3,(H,30,35)(H,33,34)/b15-12+. The predicted molar refractivity (Wildman–Crippen MR) is 137 cm³/mol. The van der Waals surface area contributed by atoms with Crippen LogP contribution >= 0.6 is 0 Å². The van der Waals surface area contributed by atoms with Gasteiger partial charge in [-0.3, -0.25) is 14.3 Å². The van der Waals surface area contributed by atoms with Crippen LogP contribution in [-0.2, 0) is 4.79 Å². The summed E-state index contributed by atoms with van der Waals surface area (Å²) < 4.78 is 26.3. The molecule has 4 rings (SSSR count). The Bertz CT molecular complexity index is 1260. The first-order valence-electron chi connectivity index (χ1n) is 12.2. The molecule has 0 spiro atoms. The zero-order valence-corrected chi connectivity index (χ0v) is 20.8. The molecule has 3 aromatic rings. The Balaban J connectivity index is 1.66. The molecule has 1 aliphatic rings. The van der Waals surface area contributed by atoms with Gasteiger partial charge >= 0.3 is 5.97 Å². The summed E-state index contributed by atoms with van der Waals surface area (Å²) in [6.07, 6.45) is 6.93. The highest BCUT2D eigenvalue weighted by Crippen LogP contribution is 2.41. The van der Waals surface area contributed by atoms with Crippen molar-refractivity contribution in [3.8, 4) is 22.8 Å². The van der Waals surface area contributed by atoms with Crippen LogP contribution in [0.15, 0.2) is 54.6 Å². The molecule has 0 radical (unpaired) electrons. The number of aromatic nitrogens is 2. The third-order valence-electron chi connectivity index (χ3n) is 6.42. The number of carbonyl (C=O) groups is 2. The van der Waals surface area contributed by atoms with E-state index in [1.54, 1.807) is 44.6 Å². The molecule has 1 unspecified atom stereocenters. The van der Waals surface area contributed by atoms with Gasteiger partial charge in [-0.25, -0.2) is 4.39 Å². The molecule has 1 aliphatic carbocycles. The molecule has 2 N–H and O–H groups in total. The van der Waals surface area contributed by atoms with E-state index in [-0.39, 0.29) is 24.0 Å². The van der Waals surface area contributed by atoms with E-state index in [2.05, 4.69) is 10.4 Å². The molecule has 1 amide bonds. The quantitative estimate of drug-likeness (QED) is 0.396. The normalized spacial score (nSPS) is 14.6. The first-order valence-corrected chi connectivity index (χ1v) is 12.2. The minimum Gasteiger partial charge on any atom is -0.496 e. The monoisotopic (exact) mass is 507 g/mol. The summed E-state index contributed by atoms with van der Waals surface area (Å²) in [5.74, 6) is -0.743. The predicted octanol–water partition coefficient (Wildman–Crippen LogP) is 5.11. The number of rotatable bonds is 10. The highest BCUT2D eigenvalue weighted by Gasteiger charge is 2.27. The lowest BCUT2D eigenvalue weighted by Gasteiger charge is -2.18. The Kier molecular flexibility index (Phi) is 8.22. The van der Waals surface area contributed by atoms with Gasteiger partial charge in [0.25, 0.3) is 5.91 Å². The van der Waals surface area contributed by atoms with Gasteiger partial charge in [-0.05, 0) is 48.7 Å². The van der Waals surface area contributed by atoms with E-state index in [1.807, 2.05) is 22.9 Å². The summed E-state index contributed by atoms with van der Waals surface area (Å²) in [5, 5.41) is 16.8. The summed E-state index contributed by atoms with van der Waals surface area (Å²) >= 11 is 0. The van der Waals surface area contributed by atoms with Crippen molar-refractivity contribution in [3.63, 3.8) is 0 Å². The van der Waals surface area contributed by atoms with Crippen molar-refractivity contribution in [1.82, 2.24) is 15.1 Å². The van der Waals surface area contributed by atoms with Gasteiger partial charge in [-0.1, -0.05) is 43.2 Å². The maximum atomic E-state index is 13.3. The lowest BCUT2D eigenvalue weighted by Crippen LogP contribution is -2.35. The topological polar surface area (TPSA) is 103 Å². The second-order valence-electron chi connectivity index (χ2n) is 8.92. The Morgan fingerprint density at radius 3 is 2.38 bits per heavy atom. The Labute approximate surface area is 214 Å². The van der Waals surface area contributed by atoms with Gasteiger partial charge in [0.1, 0.15) is 17.3 Å². The van der Waals surface area contributed by atoms with Crippen LogP contribution in [-0.4, -0.2) is 47.0 Å². The number of benzene rings is 2. The highest BCUT2D eigenvalue weighted by atomic mass is 19.1. The van der Waals surface area contributed by atoms with Crippen molar-refractivity contribution in [3.05, 3.63) is 71.7 Å². The first kappa shape index (κ1) is 25.9. The van der Waals surface area contributed by atoms with Crippen molar-refractivity contribution in [2.45, 2.75) is 44.2 Å². The maximum Gasteiger partial charge on any atom is 0.305 e. The number of carbonyl (C=O) groups excluding carboxylic acids is 1. The molecule has 9 heteroatoms. The summed E-state index contributed by atoms with van der Waals surface area (Å²) in [6, 6.07) is 12.3. The number of aliphatic carboxylic acids is 1. The first-order chi connectivity index (χ1) is 17.9. The summed E-state index contributed by atoms with van der Waals surface area (Å²) in [7, 11) is 3.15. The molecular weight excluding hydrogens is 477 g/mol. The van der Waals surface area contributed by atoms with Crippen LogP contribution in [0.4, 0.5) is 4.39 Å². The van der Waals surface area contributed by atoms with E-state index < -0.39 is 17.9 Å². The molecule has 1 saturated carbocycles. The number of nitrogens with zero attached hydrogens (tertiary/aromatic N) is 2. The maximum absolute atomic E-state index is 13.3. The van der Waals surface area contributed by atoms with E-state index in [9.17, 15) is 19.1 Å². The third-order valence-corrected chi connectivity index (χ3v) is 6.42. The average molecular weight is 508 g/mol. The highest BCUT2D eigenvalue weighted by molar-refractivity contribution is 5.94. The van der Waals surface area contributed by atoms with E-state index >= 15 is 0 Å². The summed E-state index contributed by atoms with van der Waals surface area (Å²) in [4.78, 5) is 24.7. The van der Waals surface area contributed by atoms with Crippen molar-refractivity contribution in [2.75, 3.05) is 14.2 Å². The second kappa shape index (κ2) is 11.7. The van der Waals surface area contributed by atoms with E-state index in [4.69, 9.17) is 9.47 Å². The molecule has 8 nitrogen and oxygen atoms in total. The average Bonchev–Trinajstić information content (AvgIpc) is 3.57. The Morgan fingerprint density at radius 1 is 1.14 bits per heavy atom. The molecule has 0 aliphatic heterocycles. The van der Waals surface area contributed by atoms with Crippen LogP contribution in [0, 0.1) is 5.82 Å². The number of amides is 1. The van der Waals surface area contributed by atoms with Gasteiger partial charge in [-0.2, -0.15) is 5.10 Å². The fraction of sp³-hybridized carbons (Fsp3) is 0.321. The van der Waals surface area contributed by atoms with Crippen molar-refractivity contribution in [2.24, 2.45) is 0 Å². The SMILES string of the molecule is COc1cccc(OC)c1-c1cc(C(=O)NC(/C=C/c2ccc(F)cc2)CC(=O)O)nn1C1CCCC1. The molecule has 194 valence electrons. The number of carboxylic acids is 1. The van der Waals surface area contributed by atoms with Gasteiger partial charge in [-0.15, -0.1) is 0 Å². The fourth-order valence-electron chi connectivity index (χ4n) is 4.62. The minimum atomic E-state index is -1.06. The van der Waals surface area contributed by atoms with Crippen molar-refractivity contribution in [1.29, 1.82) is 0 Å². The molecule has 0 saturated heterocycles. The molecule has 1 atom stereocenters. The molecule has 1 aromatic heterocycles. The van der Waals surface area contributed by atoms with Crippen LogP contribution in [0.2, 0.25) is 0 Å². The van der Waals surface area contributed by atoms with Gasteiger partial charge in [0.15, 0.2) is 5.69 Å². The zero-order valence-electron chi connectivity index (χ0n) is 20.8. The van der Waals surface area contributed by atoms with Gasteiger partial charge < -0.3 is 19.9 Å². The van der Waals surface area contributed by atoms with Gasteiger partial charge in [0.05, 0.1) is 44.0 Å². The lowest BCUT2D eigenvalue weighted by molar-refractivity contribution is -0.137. The molecule has 2 aromatic carbocycles. The molecule has 0 bridgehead atoms. The largest absolute Gasteiger partial charge is 0.496 e. The van der Waals surface area contributed by atoms with Crippen LogP contribution in [0.1, 0.15) is 54.2 Å². The number of carboxylic acid groups (broad SMARTS) is 1. The zero-order chi connectivity index (χ0) is 26.4. The smallest absolute Gasteiger partial charge is 0.305 e. The Morgan fingerprint density at radius 2 is 1.78 bits per heavy atom. The third kappa shape index (κ3) is 6.17. The van der Waals surface area contributed by atoms with Crippen molar-refractivity contribution >= 4 is 18.0 Å².